The van der Waals surface area contributed by atoms with Gasteiger partial charge < -0.3 is 4.42 Å². The molecule has 0 aliphatic carbocycles. The summed E-state index contributed by atoms with van der Waals surface area (Å²) < 4.78 is 4.52. The van der Waals surface area contributed by atoms with Crippen LogP contribution >= 0.6 is 23.2 Å². The van der Waals surface area contributed by atoms with Gasteiger partial charge >= 0.3 is 0 Å². The van der Waals surface area contributed by atoms with Crippen LogP contribution < -0.4 is 0 Å². The molecular weight excluding hydrogens is 165 g/mol. The van der Waals surface area contributed by atoms with E-state index in [1.54, 1.807) is 0 Å². The monoisotopic (exact) mass is 165 g/mol. The van der Waals surface area contributed by atoms with Crippen LogP contribution in [-0.2, 0) is 0 Å². The first-order valence-corrected chi connectivity index (χ1v) is 2.77. The van der Waals surface area contributed by atoms with Crippen LogP contribution in [0.3, 0.4) is 0 Å². The Bertz CT molecular complexity index is 232. The van der Waals surface area contributed by atoms with Gasteiger partial charge in [-0.25, -0.2) is 4.98 Å². The minimum atomic E-state index is -0.700. The van der Waals surface area contributed by atoms with Crippen molar-refractivity contribution in [2.24, 2.45) is 0 Å². The number of carbonyl (C=O) groups excluding carboxylic acids is 1. The molecule has 0 fully saturated rings. The van der Waals surface area contributed by atoms with E-state index in [0.717, 1.165) is 6.20 Å². The first-order valence-electron chi connectivity index (χ1n) is 2.01. The molecule has 3 nitrogen and oxygen atoms in total. The van der Waals surface area contributed by atoms with E-state index in [1.807, 2.05) is 0 Å². The summed E-state index contributed by atoms with van der Waals surface area (Å²) >= 11 is 10.2. The highest BCUT2D eigenvalue weighted by Crippen LogP contribution is 2.10. The van der Waals surface area contributed by atoms with Gasteiger partial charge in [-0.05, 0) is 23.2 Å². The van der Waals surface area contributed by atoms with Crippen molar-refractivity contribution in [3.63, 3.8) is 0 Å². The maximum absolute atomic E-state index is 10.2. The van der Waals surface area contributed by atoms with Gasteiger partial charge in [0.25, 0.3) is 10.6 Å². The predicted octanol–water partition coefficient (Wildman–Crippen LogP) is 1.71. The summed E-state index contributed by atoms with van der Waals surface area (Å²) in [7, 11) is 0. The highest BCUT2D eigenvalue weighted by Gasteiger charge is 2.06. The number of hydrogen-bond donors (Lipinski definition) is 0. The Balaban J connectivity index is 2.98. The number of rotatable bonds is 1. The van der Waals surface area contributed by atoms with Crippen LogP contribution in [-0.4, -0.2) is 10.2 Å². The molecular formula is C4HCl2NO2. The molecule has 0 atom stereocenters. The first-order chi connectivity index (χ1) is 4.20. The molecule has 5 heteroatoms. The molecule has 0 unspecified atom stereocenters. The van der Waals surface area contributed by atoms with Gasteiger partial charge in [0.05, 0.1) is 6.20 Å². The number of halogens is 2. The SMILES string of the molecule is O=C(Cl)c1cnc(Cl)o1. The minimum Gasteiger partial charge on any atom is -0.423 e. The summed E-state index contributed by atoms with van der Waals surface area (Å²) in [6.45, 7) is 0. The summed E-state index contributed by atoms with van der Waals surface area (Å²) in [6.07, 6.45) is 1.16. The molecule has 0 N–H and O–H groups in total. The molecule has 0 aromatic carbocycles. The third-order valence-corrected chi connectivity index (χ3v) is 1.03. The van der Waals surface area contributed by atoms with Crippen LogP contribution in [0.4, 0.5) is 0 Å². The number of oxazole rings is 1. The van der Waals surface area contributed by atoms with Gasteiger partial charge in [-0.1, -0.05) is 0 Å². The van der Waals surface area contributed by atoms with Crippen LogP contribution in [0.1, 0.15) is 10.6 Å². The zero-order valence-electron chi connectivity index (χ0n) is 4.10. The molecule has 1 aromatic heterocycles. The Labute approximate surface area is 60.6 Å². The molecule has 1 aromatic rings. The molecule has 0 radical (unpaired) electrons. The van der Waals surface area contributed by atoms with Gasteiger partial charge in [0.2, 0.25) is 5.76 Å². The molecule has 0 amide bonds. The van der Waals surface area contributed by atoms with Crippen LogP contribution in [0.5, 0.6) is 0 Å². The summed E-state index contributed by atoms with van der Waals surface area (Å²) in [5, 5.41) is -0.784. The van der Waals surface area contributed by atoms with E-state index in [1.165, 1.54) is 0 Å². The highest BCUT2D eigenvalue weighted by atomic mass is 35.5. The fraction of sp³-hybridized carbons (Fsp3) is 0. The molecule has 1 rings (SSSR count). The quantitative estimate of drug-likeness (QED) is 0.596. The average Bonchev–Trinajstić information content (AvgIpc) is 2.14. The fourth-order valence-corrected chi connectivity index (χ4v) is 0.563. The summed E-state index contributed by atoms with van der Waals surface area (Å²) in [5.74, 6) is -0.0401. The second kappa shape index (κ2) is 2.37. The largest absolute Gasteiger partial charge is 0.423 e. The van der Waals surface area contributed by atoms with E-state index in [2.05, 4.69) is 9.40 Å². The van der Waals surface area contributed by atoms with Gasteiger partial charge in [-0.15, -0.1) is 0 Å². The summed E-state index contributed by atoms with van der Waals surface area (Å²) in [5.41, 5.74) is 0. The Morgan fingerprint density at radius 1 is 1.78 bits per heavy atom. The lowest BCUT2D eigenvalue weighted by molar-refractivity contribution is 0.105. The van der Waals surface area contributed by atoms with Crippen LogP contribution in [0.2, 0.25) is 5.35 Å². The van der Waals surface area contributed by atoms with Crippen molar-refractivity contribution in [2.75, 3.05) is 0 Å². The molecule has 0 saturated carbocycles. The first kappa shape index (κ1) is 6.58. The van der Waals surface area contributed by atoms with E-state index in [4.69, 9.17) is 23.2 Å². The van der Waals surface area contributed by atoms with Crippen molar-refractivity contribution in [3.8, 4) is 0 Å². The van der Waals surface area contributed by atoms with Crippen molar-refractivity contribution in [2.45, 2.75) is 0 Å². The maximum atomic E-state index is 10.2. The Hall–Kier alpha value is -0.540. The zero-order valence-corrected chi connectivity index (χ0v) is 5.61. The van der Waals surface area contributed by atoms with Crippen molar-refractivity contribution in [3.05, 3.63) is 17.3 Å². The number of carbonyl (C=O) groups is 1. The lowest BCUT2D eigenvalue weighted by atomic mass is 10.6. The lowest BCUT2D eigenvalue weighted by Crippen LogP contribution is -1.81. The number of hydrogen-bond acceptors (Lipinski definition) is 3. The van der Waals surface area contributed by atoms with E-state index in [-0.39, 0.29) is 11.1 Å². The molecule has 0 aliphatic rings. The van der Waals surface area contributed by atoms with Crippen molar-refractivity contribution < 1.29 is 9.21 Å². The normalized spacial score (nSPS) is 9.56. The number of nitrogens with zero attached hydrogens (tertiary/aromatic N) is 1. The van der Waals surface area contributed by atoms with E-state index < -0.39 is 5.24 Å². The third kappa shape index (κ3) is 1.43. The van der Waals surface area contributed by atoms with Gasteiger partial charge in [0, 0.05) is 0 Å². The van der Waals surface area contributed by atoms with Crippen molar-refractivity contribution in [1.29, 1.82) is 0 Å². The highest BCUT2D eigenvalue weighted by molar-refractivity contribution is 6.67. The van der Waals surface area contributed by atoms with Gasteiger partial charge in [0.15, 0.2) is 0 Å². The zero-order chi connectivity index (χ0) is 6.85. The Kier molecular flexibility index (Phi) is 1.73. The third-order valence-electron chi connectivity index (χ3n) is 0.671. The molecule has 1 heterocycles. The molecule has 0 aliphatic heterocycles. The topological polar surface area (TPSA) is 43.1 Å². The Morgan fingerprint density at radius 2 is 2.44 bits per heavy atom. The molecule has 48 valence electrons. The summed E-state index contributed by atoms with van der Waals surface area (Å²) in [6, 6.07) is 0. The predicted molar refractivity (Wildman–Crippen MR) is 31.7 cm³/mol. The smallest absolute Gasteiger partial charge is 0.292 e. The van der Waals surface area contributed by atoms with Gasteiger partial charge in [-0.2, -0.15) is 0 Å². The molecule has 0 saturated heterocycles. The van der Waals surface area contributed by atoms with Gasteiger partial charge in [0.1, 0.15) is 0 Å². The van der Waals surface area contributed by atoms with Gasteiger partial charge in [-0.3, -0.25) is 4.79 Å². The Morgan fingerprint density at radius 3 is 2.67 bits per heavy atom. The van der Waals surface area contributed by atoms with E-state index in [0.29, 0.717) is 0 Å². The van der Waals surface area contributed by atoms with Crippen LogP contribution in [0, 0.1) is 0 Å². The fourth-order valence-electron chi connectivity index (χ4n) is 0.344. The van der Waals surface area contributed by atoms with E-state index in [9.17, 15) is 4.79 Å². The minimum absolute atomic E-state index is 0.0401. The standard InChI is InChI=1S/C4HCl2NO2/c5-3(8)2-1-7-4(6)9-2/h1H. The van der Waals surface area contributed by atoms with Crippen LogP contribution in [0.25, 0.3) is 0 Å². The second-order valence-electron chi connectivity index (χ2n) is 1.25. The van der Waals surface area contributed by atoms with Crippen molar-refractivity contribution >= 4 is 28.4 Å². The average molecular weight is 166 g/mol. The molecule has 0 bridgehead atoms. The maximum Gasteiger partial charge on any atom is 0.292 e. The second-order valence-corrected chi connectivity index (χ2v) is 1.92. The summed E-state index contributed by atoms with van der Waals surface area (Å²) in [4.78, 5) is 13.7. The lowest BCUT2D eigenvalue weighted by Gasteiger charge is -1.77. The molecule has 0 spiro atoms. The van der Waals surface area contributed by atoms with E-state index >= 15 is 0 Å². The van der Waals surface area contributed by atoms with Crippen LogP contribution in [0.15, 0.2) is 10.6 Å². The number of aromatic nitrogens is 1. The molecule has 9 heavy (non-hydrogen) atoms. The van der Waals surface area contributed by atoms with Crippen molar-refractivity contribution in [1.82, 2.24) is 4.98 Å².